The number of oxime groups is 1. The summed E-state index contributed by atoms with van der Waals surface area (Å²) >= 11 is 1.44. The smallest absolute Gasteiger partial charge is 0.211 e. The van der Waals surface area contributed by atoms with E-state index in [2.05, 4.69) is 5.16 Å². The topological polar surface area (TPSA) is 35.8 Å². The van der Waals surface area contributed by atoms with Crippen molar-refractivity contribution in [2.45, 2.75) is 11.8 Å². The lowest BCUT2D eigenvalue weighted by Gasteiger charge is -2.22. The maximum atomic E-state index is 9.28. The fourth-order valence-corrected chi connectivity index (χ4v) is 2.65. The number of amidine groups is 1. The summed E-state index contributed by atoms with van der Waals surface area (Å²) in [6.07, 6.45) is 0. The maximum Gasteiger partial charge on any atom is 0.211 e. The molecule has 2 aromatic carbocycles. The SMILES string of the molecule is CCN(/C(=N\O)Sc1ccccc1)c1ccccc1. The lowest BCUT2D eigenvalue weighted by molar-refractivity contribution is 0.319. The maximum absolute atomic E-state index is 9.28. The molecule has 2 rings (SSSR count). The van der Waals surface area contributed by atoms with E-state index in [1.807, 2.05) is 72.5 Å². The third kappa shape index (κ3) is 3.51. The molecule has 0 aliphatic carbocycles. The second-order valence-electron chi connectivity index (χ2n) is 3.88. The van der Waals surface area contributed by atoms with Crippen LogP contribution in [0.2, 0.25) is 0 Å². The number of anilines is 1. The minimum atomic E-state index is 0.569. The van der Waals surface area contributed by atoms with E-state index in [1.54, 1.807) is 0 Å². The molecule has 0 atom stereocenters. The van der Waals surface area contributed by atoms with Gasteiger partial charge >= 0.3 is 0 Å². The molecule has 0 bridgehead atoms. The highest BCUT2D eigenvalue weighted by molar-refractivity contribution is 8.14. The van der Waals surface area contributed by atoms with Crippen molar-refractivity contribution in [2.24, 2.45) is 5.16 Å². The van der Waals surface area contributed by atoms with E-state index in [4.69, 9.17) is 0 Å². The molecule has 3 nitrogen and oxygen atoms in total. The van der Waals surface area contributed by atoms with Crippen LogP contribution in [0.25, 0.3) is 0 Å². The van der Waals surface area contributed by atoms with Gasteiger partial charge in [-0.3, -0.25) is 0 Å². The van der Waals surface area contributed by atoms with Gasteiger partial charge in [-0.2, -0.15) is 0 Å². The number of benzene rings is 2. The van der Waals surface area contributed by atoms with Gasteiger partial charge in [-0.25, -0.2) is 0 Å². The van der Waals surface area contributed by atoms with E-state index in [9.17, 15) is 5.21 Å². The first-order valence-electron chi connectivity index (χ1n) is 6.12. The van der Waals surface area contributed by atoms with E-state index < -0.39 is 0 Å². The Morgan fingerprint density at radius 2 is 1.63 bits per heavy atom. The summed E-state index contributed by atoms with van der Waals surface area (Å²) in [5, 5.41) is 13.3. The summed E-state index contributed by atoms with van der Waals surface area (Å²) in [5.41, 5.74) is 1.02. The van der Waals surface area contributed by atoms with Gasteiger partial charge in [-0.05, 0) is 43.0 Å². The van der Waals surface area contributed by atoms with Gasteiger partial charge in [-0.1, -0.05) is 41.6 Å². The van der Waals surface area contributed by atoms with E-state index >= 15 is 0 Å². The molecule has 0 aromatic heterocycles. The molecule has 19 heavy (non-hydrogen) atoms. The van der Waals surface area contributed by atoms with Crippen LogP contribution in [0.1, 0.15) is 6.92 Å². The highest BCUT2D eigenvalue weighted by atomic mass is 32.2. The van der Waals surface area contributed by atoms with Crippen LogP contribution in [0, 0.1) is 0 Å². The molecular weight excluding hydrogens is 256 g/mol. The lowest BCUT2D eigenvalue weighted by Crippen LogP contribution is -2.28. The highest BCUT2D eigenvalue weighted by Crippen LogP contribution is 2.24. The van der Waals surface area contributed by atoms with E-state index in [0.29, 0.717) is 5.17 Å². The Morgan fingerprint density at radius 1 is 1.05 bits per heavy atom. The summed E-state index contributed by atoms with van der Waals surface area (Å²) in [6, 6.07) is 19.8. The molecule has 1 N–H and O–H groups in total. The molecule has 0 spiro atoms. The monoisotopic (exact) mass is 272 g/mol. The van der Waals surface area contributed by atoms with Gasteiger partial charge in [0.25, 0.3) is 0 Å². The number of nitrogens with zero attached hydrogens (tertiary/aromatic N) is 2. The molecule has 98 valence electrons. The molecule has 0 saturated carbocycles. The largest absolute Gasteiger partial charge is 0.409 e. The zero-order chi connectivity index (χ0) is 13.5. The molecule has 0 fully saturated rings. The van der Waals surface area contributed by atoms with Crippen LogP contribution < -0.4 is 4.90 Å². The minimum Gasteiger partial charge on any atom is -0.409 e. The highest BCUT2D eigenvalue weighted by Gasteiger charge is 2.13. The first kappa shape index (κ1) is 13.5. The van der Waals surface area contributed by atoms with Crippen LogP contribution in [0.4, 0.5) is 5.69 Å². The Kier molecular flexibility index (Phi) is 4.86. The van der Waals surface area contributed by atoms with Crippen LogP contribution in [0.5, 0.6) is 0 Å². The van der Waals surface area contributed by atoms with Crippen molar-refractivity contribution in [3.05, 3.63) is 60.7 Å². The normalized spacial score (nSPS) is 11.3. The first-order chi connectivity index (χ1) is 9.35. The Labute approximate surface area is 117 Å². The van der Waals surface area contributed by atoms with Crippen molar-refractivity contribution in [3.63, 3.8) is 0 Å². The third-order valence-corrected chi connectivity index (χ3v) is 3.65. The van der Waals surface area contributed by atoms with Gasteiger partial charge in [0.15, 0.2) is 0 Å². The molecule has 0 radical (unpaired) electrons. The summed E-state index contributed by atoms with van der Waals surface area (Å²) < 4.78 is 0. The van der Waals surface area contributed by atoms with E-state index in [-0.39, 0.29) is 0 Å². The van der Waals surface area contributed by atoms with Crippen molar-refractivity contribution in [3.8, 4) is 0 Å². The number of hydrogen-bond acceptors (Lipinski definition) is 3. The Balaban J connectivity index is 2.21. The van der Waals surface area contributed by atoms with Gasteiger partial charge in [0.1, 0.15) is 0 Å². The molecule has 0 aliphatic rings. The minimum absolute atomic E-state index is 0.569. The number of hydrogen-bond donors (Lipinski definition) is 1. The van der Waals surface area contributed by atoms with Crippen molar-refractivity contribution < 1.29 is 5.21 Å². The Bertz CT molecular complexity index is 528. The zero-order valence-electron chi connectivity index (χ0n) is 10.7. The molecule has 0 unspecified atom stereocenters. The van der Waals surface area contributed by atoms with Crippen LogP contribution in [-0.4, -0.2) is 16.9 Å². The summed E-state index contributed by atoms with van der Waals surface area (Å²) in [7, 11) is 0. The predicted octanol–water partition coefficient (Wildman–Crippen LogP) is 4.05. The lowest BCUT2D eigenvalue weighted by atomic mass is 10.3. The molecule has 0 heterocycles. The van der Waals surface area contributed by atoms with Gasteiger partial charge in [0, 0.05) is 17.1 Å². The number of thioether (sulfide) groups is 1. The summed E-state index contributed by atoms with van der Waals surface area (Å²) in [4.78, 5) is 3.02. The molecule has 0 saturated heterocycles. The van der Waals surface area contributed by atoms with Crippen LogP contribution in [-0.2, 0) is 0 Å². The molecule has 0 amide bonds. The standard InChI is InChI=1S/C15H16N2OS/c1-2-17(13-9-5-3-6-10-13)15(16-18)19-14-11-7-4-8-12-14/h3-12,18H,2H2,1H3/b16-15+. The van der Waals surface area contributed by atoms with Crippen LogP contribution in [0.15, 0.2) is 70.7 Å². The van der Waals surface area contributed by atoms with Gasteiger partial charge in [-0.15, -0.1) is 0 Å². The number of rotatable bonds is 3. The van der Waals surface area contributed by atoms with Gasteiger partial charge in [0.05, 0.1) is 0 Å². The molecule has 2 aromatic rings. The number of para-hydroxylation sites is 1. The molecule has 4 heteroatoms. The van der Waals surface area contributed by atoms with E-state index in [1.165, 1.54) is 11.8 Å². The second kappa shape index (κ2) is 6.85. The van der Waals surface area contributed by atoms with Crippen LogP contribution in [0.3, 0.4) is 0 Å². The summed E-state index contributed by atoms with van der Waals surface area (Å²) in [6.45, 7) is 2.77. The van der Waals surface area contributed by atoms with Crippen molar-refractivity contribution in [1.82, 2.24) is 0 Å². The Hall–Kier alpha value is -1.94. The summed E-state index contributed by atoms with van der Waals surface area (Å²) in [5.74, 6) is 0. The van der Waals surface area contributed by atoms with Crippen molar-refractivity contribution in [2.75, 3.05) is 11.4 Å². The average molecular weight is 272 g/mol. The van der Waals surface area contributed by atoms with Gasteiger partial charge < -0.3 is 10.1 Å². The average Bonchev–Trinajstić information content (AvgIpc) is 2.49. The first-order valence-corrected chi connectivity index (χ1v) is 6.94. The fraction of sp³-hybridized carbons (Fsp3) is 0.133. The van der Waals surface area contributed by atoms with E-state index in [0.717, 1.165) is 17.1 Å². The third-order valence-electron chi connectivity index (χ3n) is 2.65. The molecule has 0 aliphatic heterocycles. The molecular formula is C15H16N2OS. The van der Waals surface area contributed by atoms with Crippen LogP contribution >= 0.6 is 11.8 Å². The van der Waals surface area contributed by atoms with Gasteiger partial charge in [0.2, 0.25) is 5.17 Å². The van der Waals surface area contributed by atoms with Crippen molar-refractivity contribution in [1.29, 1.82) is 0 Å². The quantitative estimate of drug-likeness (QED) is 0.301. The Morgan fingerprint density at radius 3 is 2.16 bits per heavy atom. The second-order valence-corrected chi connectivity index (χ2v) is 4.92. The van der Waals surface area contributed by atoms with Crippen molar-refractivity contribution >= 4 is 22.6 Å². The predicted molar refractivity (Wildman–Crippen MR) is 81.0 cm³/mol. The fourth-order valence-electron chi connectivity index (χ4n) is 1.76. The zero-order valence-corrected chi connectivity index (χ0v) is 11.5.